The molecule has 0 spiro atoms. The fraction of sp³-hybridized carbons (Fsp3) is 0.188. The number of phenolic OH excluding ortho intramolecular Hbond substituents is 2. The van der Waals surface area contributed by atoms with E-state index in [2.05, 4.69) is 0 Å². The van der Waals surface area contributed by atoms with Crippen molar-refractivity contribution < 1.29 is 19.7 Å². The number of nitrogens with zero attached hydrogens (tertiary/aromatic N) is 1. The number of ether oxygens (including phenoxy) is 1. The molecule has 0 aliphatic carbocycles. The molecule has 0 aliphatic heterocycles. The van der Waals surface area contributed by atoms with E-state index in [-0.39, 0.29) is 23.0 Å². The van der Waals surface area contributed by atoms with E-state index in [1.165, 1.54) is 24.1 Å². The summed E-state index contributed by atoms with van der Waals surface area (Å²) in [6.07, 6.45) is 0. The number of amides is 1. The van der Waals surface area contributed by atoms with Crippen molar-refractivity contribution in [2.75, 3.05) is 14.2 Å². The lowest BCUT2D eigenvalue weighted by molar-refractivity contribution is 0.0781. The Hall–Kier alpha value is -2.69. The van der Waals surface area contributed by atoms with E-state index in [0.717, 1.165) is 5.56 Å². The van der Waals surface area contributed by atoms with E-state index in [4.69, 9.17) is 4.74 Å². The molecule has 2 rings (SSSR count). The van der Waals surface area contributed by atoms with Gasteiger partial charge in [0.15, 0.2) is 0 Å². The number of carbonyl (C=O) groups is 1. The molecular formula is C16H17NO4. The molecule has 0 saturated carbocycles. The molecule has 0 bridgehead atoms. The first-order chi connectivity index (χ1) is 10.0. The number of aromatic hydroxyl groups is 2. The highest BCUT2D eigenvalue weighted by molar-refractivity contribution is 5.97. The zero-order valence-electron chi connectivity index (χ0n) is 11.9. The summed E-state index contributed by atoms with van der Waals surface area (Å²) in [5.74, 6) is 0.296. The summed E-state index contributed by atoms with van der Waals surface area (Å²) >= 11 is 0. The maximum Gasteiger partial charge on any atom is 0.257 e. The molecule has 2 aromatic carbocycles. The summed E-state index contributed by atoms with van der Waals surface area (Å²) in [6, 6.07) is 11.1. The highest BCUT2D eigenvalue weighted by atomic mass is 16.5. The van der Waals surface area contributed by atoms with Crippen molar-refractivity contribution in [3.63, 3.8) is 0 Å². The zero-order valence-corrected chi connectivity index (χ0v) is 11.9. The maximum absolute atomic E-state index is 12.4. The number of methoxy groups -OCH3 is 1. The molecule has 0 unspecified atom stereocenters. The lowest BCUT2D eigenvalue weighted by atomic mass is 10.1. The monoisotopic (exact) mass is 287 g/mol. The minimum atomic E-state index is -0.306. The topological polar surface area (TPSA) is 70.0 Å². The van der Waals surface area contributed by atoms with Crippen LogP contribution in [0.5, 0.6) is 17.2 Å². The number of rotatable bonds is 4. The molecule has 2 aromatic rings. The Balaban J connectivity index is 2.17. The van der Waals surface area contributed by atoms with Gasteiger partial charge in [0.05, 0.1) is 12.7 Å². The molecule has 0 radical (unpaired) electrons. The van der Waals surface area contributed by atoms with Gasteiger partial charge in [0.25, 0.3) is 5.91 Å². The van der Waals surface area contributed by atoms with E-state index in [1.54, 1.807) is 37.4 Å². The van der Waals surface area contributed by atoms with Crippen LogP contribution in [0.25, 0.3) is 0 Å². The molecule has 0 fully saturated rings. The van der Waals surface area contributed by atoms with Gasteiger partial charge in [-0.2, -0.15) is 0 Å². The van der Waals surface area contributed by atoms with E-state index in [9.17, 15) is 15.0 Å². The van der Waals surface area contributed by atoms with Crippen molar-refractivity contribution in [3.05, 3.63) is 53.6 Å². The van der Waals surface area contributed by atoms with Crippen LogP contribution in [0.4, 0.5) is 0 Å². The molecule has 2 N–H and O–H groups in total. The van der Waals surface area contributed by atoms with Gasteiger partial charge in [0.1, 0.15) is 17.2 Å². The zero-order chi connectivity index (χ0) is 15.4. The first-order valence-electron chi connectivity index (χ1n) is 6.41. The van der Waals surface area contributed by atoms with Crippen LogP contribution in [0.2, 0.25) is 0 Å². The number of hydrogen-bond donors (Lipinski definition) is 2. The minimum absolute atomic E-state index is 0.0849. The number of hydrogen-bond acceptors (Lipinski definition) is 4. The van der Waals surface area contributed by atoms with Crippen molar-refractivity contribution in [1.29, 1.82) is 0 Å². The highest BCUT2D eigenvalue weighted by Gasteiger charge is 2.17. The number of benzene rings is 2. The maximum atomic E-state index is 12.4. The molecule has 0 heterocycles. The average molecular weight is 287 g/mol. The Kier molecular flexibility index (Phi) is 4.33. The normalized spacial score (nSPS) is 10.2. The molecule has 21 heavy (non-hydrogen) atoms. The van der Waals surface area contributed by atoms with Gasteiger partial charge in [-0.15, -0.1) is 0 Å². The molecule has 0 atom stereocenters. The van der Waals surface area contributed by atoms with Gasteiger partial charge >= 0.3 is 0 Å². The lowest BCUT2D eigenvalue weighted by Gasteiger charge is -2.18. The average Bonchev–Trinajstić information content (AvgIpc) is 2.49. The van der Waals surface area contributed by atoms with Crippen molar-refractivity contribution in [2.24, 2.45) is 0 Å². The quantitative estimate of drug-likeness (QED) is 0.905. The van der Waals surface area contributed by atoms with Crippen LogP contribution < -0.4 is 4.74 Å². The summed E-state index contributed by atoms with van der Waals surface area (Å²) in [4.78, 5) is 13.9. The molecule has 1 amide bonds. The second-order valence-electron chi connectivity index (χ2n) is 4.71. The summed E-state index contributed by atoms with van der Waals surface area (Å²) in [7, 11) is 3.15. The van der Waals surface area contributed by atoms with Crippen LogP contribution in [0.3, 0.4) is 0 Å². The Morgan fingerprint density at radius 2 is 1.81 bits per heavy atom. The predicted molar refractivity (Wildman–Crippen MR) is 78.6 cm³/mol. The highest BCUT2D eigenvalue weighted by Crippen LogP contribution is 2.24. The Bertz CT molecular complexity index is 637. The fourth-order valence-corrected chi connectivity index (χ4v) is 1.97. The van der Waals surface area contributed by atoms with Crippen LogP contribution in [0, 0.1) is 0 Å². The summed E-state index contributed by atoms with van der Waals surface area (Å²) in [5.41, 5.74) is 1.07. The third-order valence-electron chi connectivity index (χ3n) is 3.14. The largest absolute Gasteiger partial charge is 0.508 e. The second kappa shape index (κ2) is 6.17. The smallest absolute Gasteiger partial charge is 0.257 e. The van der Waals surface area contributed by atoms with E-state index in [0.29, 0.717) is 12.3 Å². The van der Waals surface area contributed by atoms with Crippen molar-refractivity contribution in [1.82, 2.24) is 4.90 Å². The third-order valence-corrected chi connectivity index (χ3v) is 3.14. The lowest BCUT2D eigenvalue weighted by Crippen LogP contribution is -2.26. The first-order valence-corrected chi connectivity index (χ1v) is 6.41. The van der Waals surface area contributed by atoms with Crippen molar-refractivity contribution in [3.8, 4) is 17.2 Å². The van der Waals surface area contributed by atoms with E-state index >= 15 is 0 Å². The van der Waals surface area contributed by atoms with Crippen LogP contribution in [0.15, 0.2) is 42.5 Å². The van der Waals surface area contributed by atoms with E-state index in [1.807, 2.05) is 0 Å². The Morgan fingerprint density at radius 3 is 2.43 bits per heavy atom. The molecule has 5 nitrogen and oxygen atoms in total. The van der Waals surface area contributed by atoms with Crippen LogP contribution in [-0.4, -0.2) is 35.2 Å². The van der Waals surface area contributed by atoms with Gasteiger partial charge in [-0.25, -0.2) is 0 Å². The molecule has 0 saturated heterocycles. The summed E-state index contributed by atoms with van der Waals surface area (Å²) in [6.45, 7) is 0.371. The SMILES string of the molecule is COc1ccc(O)c(C(=O)N(C)Cc2ccc(O)cc2)c1. The van der Waals surface area contributed by atoms with Gasteiger partial charge in [-0.1, -0.05) is 12.1 Å². The first kappa shape index (κ1) is 14.7. The van der Waals surface area contributed by atoms with Gasteiger partial charge in [-0.3, -0.25) is 4.79 Å². The Labute approximate surface area is 123 Å². The van der Waals surface area contributed by atoms with Crippen LogP contribution in [-0.2, 0) is 6.54 Å². The Morgan fingerprint density at radius 1 is 1.14 bits per heavy atom. The standard InChI is InChI=1S/C16H17NO4/c1-17(10-11-3-5-12(18)6-4-11)16(20)14-9-13(21-2)7-8-15(14)19/h3-9,18-19H,10H2,1-2H3. The number of phenols is 2. The predicted octanol–water partition coefficient (Wildman–Crippen LogP) is 2.38. The molecule has 110 valence electrons. The van der Waals surface area contributed by atoms with Crippen molar-refractivity contribution in [2.45, 2.75) is 6.54 Å². The molecular weight excluding hydrogens is 270 g/mol. The minimum Gasteiger partial charge on any atom is -0.508 e. The van der Waals surface area contributed by atoms with Crippen LogP contribution in [0.1, 0.15) is 15.9 Å². The summed E-state index contributed by atoms with van der Waals surface area (Å²) < 4.78 is 5.06. The molecule has 0 aliphatic rings. The van der Waals surface area contributed by atoms with Gasteiger partial charge in [0, 0.05) is 13.6 Å². The molecule has 5 heteroatoms. The van der Waals surface area contributed by atoms with Gasteiger partial charge < -0.3 is 19.8 Å². The second-order valence-corrected chi connectivity index (χ2v) is 4.71. The third kappa shape index (κ3) is 3.45. The molecule has 0 aromatic heterocycles. The number of carbonyl (C=O) groups excluding carboxylic acids is 1. The van der Waals surface area contributed by atoms with Gasteiger partial charge in [0.2, 0.25) is 0 Å². The van der Waals surface area contributed by atoms with Gasteiger partial charge in [-0.05, 0) is 35.9 Å². The fourth-order valence-electron chi connectivity index (χ4n) is 1.97. The van der Waals surface area contributed by atoms with E-state index < -0.39 is 0 Å². The summed E-state index contributed by atoms with van der Waals surface area (Å²) in [5, 5.41) is 19.1. The van der Waals surface area contributed by atoms with Crippen LogP contribution >= 0.6 is 0 Å². The van der Waals surface area contributed by atoms with Crippen molar-refractivity contribution >= 4 is 5.91 Å².